The number of ether oxygens (including phenoxy) is 1. The first-order valence-electron chi connectivity index (χ1n) is 9.91. The summed E-state index contributed by atoms with van der Waals surface area (Å²) in [5.41, 5.74) is 5.63. The summed E-state index contributed by atoms with van der Waals surface area (Å²) in [5.74, 6) is 1.69. The van der Waals surface area contributed by atoms with Crippen LogP contribution in [0.1, 0.15) is 42.0 Å². The Balaban J connectivity index is 1.63. The van der Waals surface area contributed by atoms with E-state index in [1.54, 1.807) is 6.07 Å². The van der Waals surface area contributed by atoms with Crippen molar-refractivity contribution in [1.82, 2.24) is 0 Å². The first-order valence-corrected chi connectivity index (χ1v) is 10.3. The molecule has 4 nitrogen and oxygen atoms in total. The minimum absolute atomic E-state index is 0.247. The van der Waals surface area contributed by atoms with E-state index in [2.05, 4.69) is 36.3 Å². The van der Waals surface area contributed by atoms with Crippen molar-refractivity contribution in [2.24, 2.45) is 4.99 Å². The summed E-state index contributed by atoms with van der Waals surface area (Å²) in [6, 6.07) is 17.3. The molecule has 0 spiro atoms. The predicted octanol–water partition coefficient (Wildman–Crippen LogP) is 6.95. The molecule has 1 N–H and O–H groups in total. The van der Waals surface area contributed by atoms with Crippen LogP contribution >= 0.6 is 11.6 Å². The zero-order valence-corrected chi connectivity index (χ0v) is 18.2. The molecule has 0 saturated heterocycles. The van der Waals surface area contributed by atoms with Gasteiger partial charge < -0.3 is 10.1 Å². The lowest BCUT2D eigenvalue weighted by Gasteiger charge is -2.14. The Bertz CT molecular complexity index is 1160. The van der Waals surface area contributed by atoms with Gasteiger partial charge in [-0.05, 0) is 72.9 Å². The topological polar surface area (TPSA) is 50.7 Å². The standard InChI is InChI=1S/C25H23ClN2O2/c1-14(2)19-11-5-15(3)13-21(19)30-18-9-7-17(8-10-18)27-24-22-20(26)12-6-16(4)23(22)28-25(24)29/h5-14H,1-4H3,(H,27,28,29). The molecule has 0 aromatic heterocycles. The second-order valence-corrected chi connectivity index (χ2v) is 8.23. The lowest BCUT2D eigenvalue weighted by molar-refractivity contribution is -0.110. The molecule has 152 valence electrons. The van der Waals surface area contributed by atoms with Gasteiger partial charge in [0.2, 0.25) is 0 Å². The van der Waals surface area contributed by atoms with E-state index in [1.807, 2.05) is 50.2 Å². The van der Waals surface area contributed by atoms with Crippen LogP contribution < -0.4 is 10.1 Å². The normalized spacial score (nSPS) is 14.2. The van der Waals surface area contributed by atoms with Gasteiger partial charge in [-0.15, -0.1) is 0 Å². The van der Waals surface area contributed by atoms with E-state index in [0.717, 1.165) is 33.9 Å². The van der Waals surface area contributed by atoms with Crippen molar-refractivity contribution in [3.8, 4) is 11.5 Å². The predicted molar refractivity (Wildman–Crippen MR) is 123 cm³/mol. The molecule has 3 aromatic carbocycles. The number of carbonyl (C=O) groups excluding carboxylic acids is 1. The fraction of sp³-hybridized carbons (Fsp3) is 0.200. The van der Waals surface area contributed by atoms with Crippen molar-refractivity contribution in [3.63, 3.8) is 0 Å². The van der Waals surface area contributed by atoms with Crippen molar-refractivity contribution >= 4 is 34.6 Å². The maximum Gasteiger partial charge on any atom is 0.275 e. The van der Waals surface area contributed by atoms with Crippen molar-refractivity contribution < 1.29 is 9.53 Å². The molecule has 0 radical (unpaired) electrons. The highest BCUT2D eigenvalue weighted by molar-refractivity contribution is 6.57. The molecule has 0 fully saturated rings. The number of aryl methyl sites for hydroxylation is 2. The van der Waals surface area contributed by atoms with Gasteiger partial charge in [-0.2, -0.15) is 0 Å². The summed E-state index contributed by atoms with van der Waals surface area (Å²) in [6.45, 7) is 8.27. The average Bonchev–Trinajstić information content (AvgIpc) is 3.03. The van der Waals surface area contributed by atoms with E-state index < -0.39 is 0 Å². The van der Waals surface area contributed by atoms with Gasteiger partial charge in [-0.1, -0.05) is 43.6 Å². The van der Waals surface area contributed by atoms with Crippen molar-refractivity contribution in [3.05, 3.63) is 81.9 Å². The molecule has 30 heavy (non-hydrogen) atoms. The van der Waals surface area contributed by atoms with Crippen LogP contribution in [-0.4, -0.2) is 11.6 Å². The number of rotatable bonds is 4. The summed E-state index contributed by atoms with van der Waals surface area (Å²) < 4.78 is 6.14. The highest BCUT2D eigenvalue weighted by Crippen LogP contribution is 2.35. The van der Waals surface area contributed by atoms with Gasteiger partial charge >= 0.3 is 0 Å². The van der Waals surface area contributed by atoms with E-state index in [-0.39, 0.29) is 5.91 Å². The summed E-state index contributed by atoms with van der Waals surface area (Å²) in [5, 5.41) is 3.37. The molecular formula is C25H23ClN2O2. The maximum atomic E-state index is 12.5. The van der Waals surface area contributed by atoms with Crippen molar-refractivity contribution in [2.75, 3.05) is 5.32 Å². The molecule has 1 heterocycles. The fourth-order valence-electron chi connectivity index (χ4n) is 3.52. The number of fused-ring (bicyclic) bond motifs is 1. The lowest BCUT2D eigenvalue weighted by Crippen LogP contribution is -2.14. The highest BCUT2D eigenvalue weighted by atomic mass is 35.5. The van der Waals surface area contributed by atoms with Gasteiger partial charge in [0, 0.05) is 5.56 Å². The first kappa shape index (κ1) is 20.2. The number of benzene rings is 3. The second kappa shape index (κ2) is 7.96. The molecule has 0 unspecified atom stereocenters. The number of halogens is 1. The number of amides is 1. The minimum atomic E-state index is -0.247. The largest absolute Gasteiger partial charge is 0.457 e. The van der Waals surface area contributed by atoms with Gasteiger partial charge in [0.15, 0.2) is 0 Å². The van der Waals surface area contributed by atoms with E-state index in [4.69, 9.17) is 16.3 Å². The lowest BCUT2D eigenvalue weighted by atomic mass is 10.0. The van der Waals surface area contributed by atoms with Gasteiger partial charge in [0.25, 0.3) is 5.91 Å². The number of nitrogens with one attached hydrogen (secondary N) is 1. The smallest absolute Gasteiger partial charge is 0.275 e. The molecule has 0 atom stereocenters. The van der Waals surface area contributed by atoms with Crippen LogP contribution in [0.4, 0.5) is 11.4 Å². The van der Waals surface area contributed by atoms with E-state index >= 15 is 0 Å². The van der Waals surface area contributed by atoms with Gasteiger partial charge in [-0.25, -0.2) is 4.99 Å². The van der Waals surface area contributed by atoms with Crippen LogP contribution in [0, 0.1) is 13.8 Å². The number of hydrogen-bond donors (Lipinski definition) is 1. The number of anilines is 1. The summed E-state index contributed by atoms with van der Waals surface area (Å²) >= 11 is 6.34. The zero-order chi connectivity index (χ0) is 21.4. The van der Waals surface area contributed by atoms with Gasteiger partial charge in [0.05, 0.1) is 16.4 Å². The van der Waals surface area contributed by atoms with E-state index in [1.165, 1.54) is 0 Å². The van der Waals surface area contributed by atoms with Crippen LogP contribution in [0.2, 0.25) is 5.02 Å². The third-order valence-corrected chi connectivity index (χ3v) is 5.46. The van der Waals surface area contributed by atoms with Crippen LogP contribution in [-0.2, 0) is 4.79 Å². The van der Waals surface area contributed by atoms with Gasteiger partial charge in [0.1, 0.15) is 17.2 Å². The molecule has 0 saturated carbocycles. The fourth-order valence-corrected chi connectivity index (χ4v) is 3.77. The van der Waals surface area contributed by atoms with Gasteiger partial charge in [-0.3, -0.25) is 4.79 Å². The Hall–Kier alpha value is -3.11. The summed E-state index contributed by atoms with van der Waals surface area (Å²) in [6.07, 6.45) is 0. The third-order valence-electron chi connectivity index (χ3n) is 5.15. The number of hydrogen-bond acceptors (Lipinski definition) is 3. The molecule has 3 aromatic rings. The van der Waals surface area contributed by atoms with Crippen LogP contribution in [0.5, 0.6) is 11.5 Å². The Morgan fingerprint density at radius 1 is 1.00 bits per heavy atom. The molecule has 1 aliphatic rings. The maximum absolute atomic E-state index is 12.5. The SMILES string of the molecule is Cc1ccc(C(C)C)c(Oc2ccc(N=C3C(=O)Nc4c(C)ccc(Cl)c43)cc2)c1. The quantitative estimate of drug-likeness (QED) is 0.498. The number of nitrogens with zero attached hydrogens (tertiary/aromatic N) is 1. The molecular weight excluding hydrogens is 396 g/mol. The van der Waals surface area contributed by atoms with Crippen LogP contribution in [0.3, 0.4) is 0 Å². The van der Waals surface area contributed by atoms with Crippen LogP contribution in [0.15, 0.2) is 59.6 Å². The van der Waals surface area contributed by atoms with E-state index in [0.29, 0.717) is 27.9 Å². The number of aliphatic imine (C=N–C) groups is 1. The monoisotopic (exact) mass is 418 g/mol. The average molecular weight is 419 g/mol. The molecule has 0 aliphatic carbocycles. The molecule has 0 bridgehead atoms. The number of carbonyl (C=O) groups is 1. The Labute approximate surface area is 181 Å². The van der Waals surface area contributed by atoms with E-state index in [9.17, 15) is 4.79 Å². The van der Waals surface area contributed by atoms with Crippen molar-refractivity contribution in [1.29, 1.82) is 0 Å². The Morgan fingerprint density at radius 2 is 1.73 bits per heavy atom. The minimum Gasteiger partial charge on any atom is -0.457 e. The first-order chi connectivity index (χ1) is 14.3. The Kier molecular flexibility index (Phi) is 5.35. The second-order valence-electron chi connectivity index (χ2n) is 7.82. The summed E-state index contributed by atoms with van der Waals surface area (Å²) in [4.78, 5) is 17.0. The highest BCUT2D eigenvalue weighted by Gasteiger charge is 2.29. The molecule has 1 aliphatic heterocycles. The molecule has 4 rings (SSSR count). The molecule has 1 amide bonds. The third kappa shape index (κ3) is 3.83. The molecule has 5 heteroatoms. The Morgan fingerprint density at radius 3 is 2.43 bits per heavy atom. The zero-order valence-electron chi connectivity index (χ0n) is 17.4. The van der Waals surface area contributed by atoms with Crippen LogP contribution in [0.25, 0.3) is 0 Å². The summed E-state index contributed by atoms with van der Waals surface area (Å²) in [7, 11) is 0. The van der Waals surface area contributed by atoms with Crippen molar-refractivity contribution in [2.45, 2.75) is 33.6 Å².